The lowest BCUT2D eigenvalue weighted by molar-refractivity contribution is 0.484. The van der Waals surface area contributed by atoms with Crippen LogP contribution in [0.15, 0.2) is 116 Å². The Bertz CT molecular complexity index is 2880. The smallest absolute Gasteiger partial charge is 0.146 e. The third-order valence-corrected chi connectivity index (χ3v) is 9.29. The summed E-state index contributed by atoms with van der Waals surface area (Å²) < 4.78 is 11.1. The minimum Gasteiger partial charge on any atom is -0.457 e. The molecule has 45 heavy (non-hydrogen) atoms. The Hall–Kier alpha value is -6.01. The number of aryl methyl sites for hydroxylation is 2. The van der Waals surface area contributed by atoms with Crippen LogP contribution in [0.1, 0.15) is 11.1 Å². The maximum absolute atomic E-state index is 6.62. The summed E-state index contributed by atoms with van der Waals surface area (Å²) >= 11 is 0. The fourth-order valence-corrected chi connectivity index (χ4v) is 7.04. The van der Waals surface area contributed by atoms with E-state index < -0.39 is 0 Å². The molecule has 5 heterocycles. The molecule has 6 nitrogen and oxygen atoms in total. The average Bonchev–Trinajstić information content (AvgIpc) is 3.66. The molecule has 0 N–H and O–H groups in total. The molecule has 5 aromatic heterocycles. The van der Waals surface area contributed by atoms with Crippen LogP contribution in [0.2, 0.25) is 0 Å². The van der Waals surface area contributed by atoms with E-state index in [0.717, 1.165) is 82.8 Å². The van der Waals surface area contributed by atoms with Crippen molar-refractivity contribution in [1.82, 2.24) is 23.8 Å². The summed E-state index contributed by atoms with van der Waals surface area (Å²) in [5.74, 6) is 1.50. The van der Waals surface area contributed by atoms with Crippen molar-refractivity contribution in [1.29, 1.82) is 0 Å². The summed E-state index contributed by atoms with van der Waals surface area (Å²) in [4.78, 5) is 14.6. The summed E-state index contributed by atoms with van der Waals surface area (Å²) in [5.41, 5.74) is 10.7. The van der Waals surface area contributed by atoms with Crippen LogP contribution in [0.3, 0.4) is 0 Å². The zero-order valence-electron chi connectivity index (χ0n) is 24.6. The predicted octanol–water partition coefficient (Wildman–Crippen LogP) is 9.71. The number of ether oxygens (including phenoxy) is 1. The maximum Gasteiger partial charge on any atom is 0.146 e. The molecule has 0 saturated heterocycles. The number of pyridine rings is 3. The fourth-order valence-electron chi connectivity index (χ4n) is 7.04. The molecule has 0 aliphatic rings. The van der Waals surface area contributed by atoms with Gasteiger partial charge in [0.15, 0.2) is 0 Å². The van der Waals surface area contributed by atoms with E-state index in [1.165, 1.54) is 16.5 Å². The highest BCUT2D eigenvalue weighted by molar-refractivity contribution is 6.15. The molecule has 0 aliphatic heterocycles. The summed E-state index contributed by atoms with van der Waals surface area (Å²) in [7, 11) is 0. The fraction of sp³-hybridized carbons (Fsp3) is 0.0513. The monoisotopic (exact) mass is 579 g/mol. The van der Waals surface area contributed by atoms with Crippen LogP contribution in [0, 0.1) is 13.8 Å². The SMILES string of the molecule is Cc1cc2c3ccc(Oc4ccc5c6cnccc6n6c7ccccc7nc6c5c4)cc3c3nc4ccccc4n3c2cc1C. The van der Waals surface area contributed by atoms with Crippen LogP contribution in [-0.2, 0) is 0 Å². The van der Waals surface area contributed by atoms with E-state index in [1.54, 1.807) is 0 Å². The van der Waals surface area contributed by atoms with Gasteiger partial charge in [0.25, 0.3) is 0 Å². The Balaban J connectivity index is 1.20. The second kappa shape index (κ2) is 8.77. The zero-order valence-corrected chi connectivity index (χ0v) is 24.6. The quantitative estimate of drug-likeness (QED) is 0.191. The number of benzene rings is 5. The van der Waals surface area contributed by atoms with Gasteiger partial charge in [-0.15, -0.1) is 0 Å². The van der Waals surface area contributed by atoms with Crippen molar-refractivity contribution in [3.05, 3.63) is 127 Å². The molecule has 0 aliphatic carbocycles. The number of fused-ring (bicyclic) bond motifs is 16. The Morgan fingerprint density at radius 3 is 1.73 bits per heavy atom. The predicted molar refractivity (Wildman–Crippen MR) is 183 cm³/mol. The number of imidazole rings is 2. The largest absolute Gasteiger partial charge is 0.457 e. The number of aromatic nitrogens is 5. The molecule has 0 atom stereocenters. The van der Waals surface area contributed by atoms with Crippen LogP contribution in [0.5, 0.6) is 11.5 Å². The lowest BCUT2D eigenvalue weighted by Gasteiger charge is -2.14. The molecule has 0 bridgehead atoms. The molecular formula is C39H25N5O. The molecule has 0 unspecified atom stereocenters. The highest BCUT2D eigenvalue weighted by Gasteiger charge is 2.17. The third-order valence-electron chi connectivity index (χ3n) is 9.29. The van der Waals surface area contributed by atoms with Crippen molar-refractivity contribution in [3.8, 4) is 11.5 Å². The van der Waals surface area contributed by atoms with E-state index in [-0.39, 0.29) is 0 Å². The van der Waals surface area contributed by atoms with Crippen LogP contribution in [0.25, 0.3) is 76.7 Å². The topological polar surface area (TPSA) is 56.7 Å². The molecule has 0 fully saturated rings. The van der Waals surface area contributed by atoms with Gasteiger partial charge in [0.1, 0.15) is 22.8 Å². The molecule has 0 saturated carbocycles. The van der Waals surface area contributed by atoms with Gasteiger partial charge in [0, 0.05) is 33.9 Å². The van der Waals surface area contributed by atoms with E-state index in [4.69, 9.17) is 14.7 Å². The molecule has 212 valence electrons. The van der Waals surface area contributed by atoms with Gasteiger partial charge in [-0.2, -0.15) is 0 Å². The number of para-hydroxylation sites is 4. The Morgan fingerprint density at radius 2 is 1.07 bits per heavy atom. The van der Waals surface area contributed by atoms with Crippen molar-refractivity contribution >= 4 is 76.7 Å². The van der Waals surface area contributed by atoms with Gasteiger partial charge in [-0.3, -0.25) is 13.8 Å². The van der Waals surface area contributed by atoms with Gasteiger partial charge < -0.3 is 4.74 Å². The average molecular weight is 580 g/mol. The Morgan fingerprint density at radius 1 is 0.489 bits per heavy atom. The Kier molecular flexibility index (Phi) is 4.76. The highest BCUT2D eigenvalue weighted by atomic mass is 16.5. The van der Waals surface area contributed by atoms with Crippen LogP contribution in [-0.4, -0.2) is 23.8 Å². The first-order valence-electron chi connectivity index (χ1n) is 15.1. The maximum atomic E-state index is 6.62. The standard InChI is InChI=1S/C39H25N5O/c1-22-17-28-26-13-11-24(19-29(26)39-42-33-8-4-6-10-36(33)44(39)37(28)18-23(22)2)45-25-12-14-27-30(20-25)38-41-32-7-3-5-9-35(32)43(38)34-15-16-40-21-31(27)34/h3-21H,1-2H3. The van der Waals surface area contributed by atoms with Crippen molar-refractivity contribution in [3.63, 3.8) is 0 Å². The van der Waals surface area contributed by atoms with E-state index >= 15 is 0 Å². The second-order valence-corrected chi connectivity index (χ2v) is 11.9. The molecule has 10 rings (SSSR count). The molecular weight excluding hydrogens is 554 g/mol. The van der Waals surface area contributed by atoms with E-state index in [1.807, 2.05) is 30.6 Å². The normalized spacial score (nSPS) is 12.2. The molecule has 0 radical (unpaired) electrons. The van der Waals surface area contributed by atoms with Crippen LogP contribution < -0.4 is 4.74 Å². The second-order valence-electron chi connectivity index (χ2n) is 11.9. The van der Waals surface area contributed by atoms with Gasteiger partial charge in [0.2, 0.25) is 0 Å². The zero-order chi connectivity index (χ0) is 29.8. The first kappa shape index (κ1) is 24.4. The van der Waals surface area contributed by atoms with Gasteiger partial charge >= 0.3 is 0 Å². The minimum atomic E-state index is 0.746. The first-order chi connectivity index (χ1) is 22.1. The van der Waals surface area contributed by atoms with Gasteiger partial charge in [-0.05, 0) is 115 Å². The summed E-state index contributed by atoms with van der Waals surface area (Å²) in [5, 5.41) is 6.60. The molecule has 6 heteroatoms. The van der Waals surface area contributed by atoms with E-state index in [9.17, 15) is 0 Å². The third kappa shape index (κ3) is 3.36. The van der Waals surface area contributed by atoms with Crippen LogP contribution >= 0.6 is 0 Å². The van der Waals surface area contributed by atoms with E-state index in [0.29, 0.717) is 0 Å². The number of hydrogen-bond acceptors (Lipinski definition) is 4. The minimum absolute atomic E-state index is 0.746. The van der Waals surface area contributed by atoms with Crippen molar-refractivity contribution < 1.29 is 4.74 Å². The van der Waals surface area contributed by atoms with Gasteiger partial charge in [-0.1, -0.05) is 24.3 Å². The highest BCUT2D eigenvalue weighted by Crippen LogP contribution is 2.38. The molecule has 10 aromatic rings. The van der Waals surface area contributed by atoms with E-state index in [2.05, 4.69) is 113 Å². The Labute approximate surface area is 256 Å². The lowest BCUT2D eigenvalue weighted by atomic mass is 10.0. The number of hydrogen-bond donors (Lipinski definition) is 0. The van der Waals surface area contributed by atoms with Crippen molar-refractivity contribution in [2.75, 3.05) is 0 Å². The van der Waals surface area contributed by atoms with Crippen molar-refractivity contribution in [2.45, 2.75) is 13.8 Å². The lowest BCUT2D eigenvalue weighted by Crippen LogP contribution is -1.95. The molecule has 0 amide bonds. The van der Waals surface area contributed by atoms with Gasteiger partial charge in [-0.25, -0.2) is 9.97 Å². The first-order valence-corrected chi connectivity index (χ1v) is 15.1. The summed E-state index contributed by atoms with van der Waals surface area (Å²) in [6.45, 7) is 4.34. The number of nitrogens with zero attached hydrogens (tertiary/aromatic N) is 5. The van der Waals surface area contributed by atoms with Crippen LogP contribution in [0.4, 0.5) is 0 Å². The molecule has 0 spiro atoms. The van der Waals surface area contributed by atoms with Crippen molar-refractivity contribution in [2.24, 2.45) is 0 Å². The summed E-state index contributed by atoms with van der Waals surface area (Å²) in [6.07, 6.45) is 3.77. The number of rotatable bonds is 2. The summed E-state index contributed by atoms with van der Waals surface area (Å²) in [6, 6.07) is 35.8. The van der Waals surface area contributed by atoms with Gasteiger partial charge in [0.05, 0.1) is 33.1 Å². The molecule has 5 aromatic carbocycles.